The molecule has 2 saturated heterocycles. The molecule has 2 rings (SSSR count). The Balaban J connectivity index is 1.45. The van der Waals surface area contributed by atoms with E-state index in [2.05, 4.69) is 32.8 Å². The van der Waals surface area contributed by atoms with E-state index in [1.54, 1.807) is 0 Å². The summed E-state index contributed by atoms with van der Waals surface area (Å²) in [5.74, 6) is 2.96. The maximum atomic E-state index is 2.54. The van der Waals surface area contributed by atoms with Crippen molar-refractivity contribution in [2.75, 3.05) is 46.8 Å². The van der Waals surface area contributed by atoms with Crippen LogP contribution in [-0.2, 0) is 0 Å². The van der Waals surface area contributed by atoms with E-state index < -0.39 is 0 Å². The van der Waals surface area contributed by atoms with Crippen molar-refractivity contribution in [3.8, 4) is 0 Å². The number of piperidine rings is 2. The van der Waals surface area contributed by atoms with Crippen molar-refractivity contribution in [1.29, 1.82) is 0 Å². The van der Waals surface area contributed by atoms with Crippen LogP contribution in [0.5, 0.6) is 0 Å². The number of nitrogens with zero attached hydrogens (tertiary/aromatic N) is 2. The van der Waals surface area contributed by atoms with Gasteiger partial charge in [0.15, 0.2) is 0 Å². The average Bonchev–Trinajstić information content (AvgIpc) is 2.67. The smallest absolute Gasteiger partial charge is 0.0787 e. The Kier molecular flexibility index (Phi) is 11.5. The second-order valence-corrected chi connectivity index (χ2v) is 11.2. The van der Waals surface area contributed by atoms with Crippen LogP contribution >= 0.6 is 0 Å². The molecule has 0 N–H and O–H groups in total. The number of quaternary nitrogens is 1. The summed E-state index contributed by atoms with van der Waals surface area (Å²) in [6.07, 6.45) is 20.6. The van der Waals surface area contributed by atoms with Crippen LogP contribution in [0.1, 0.15) is 104 Å². The predicted molar refractivity (Wildman–Crippen MR) is 125 cm³/mol. The van der Waals surface area contributed by atoms with Crippen LogP contribution in [0.2, 0.25) is 0 Å². The molecule has 0 aromatic carbocycles. The van der Waals surface area contributed by atoms with E-state index in [0.717, 1.165) is 17.8 Å². The maximum absolute atomic E-state index is 2.54. The molecular formula is C26H53N2+. The number of rotatable bonds is 13. The predicted octanol–water partition coefficient (Wildman–Crippen LogP) is 6.74. The summed E-state index contributed by atoms with van der Waals surface area (Å²) >= 11 is 0. The largest absolute Gasteiger partial charge is 0.326 e. The first-order valence-corrected chi connectivity index (χ1v) is 13.0. The van der Waals surface area contributed by atoms with E-state index in [0.29, 0.717) is 0 Å². The number of hydrogen-bond acceptors (Lipinski definition) is 1. The fourth-order valence-corrected chi connectivity index (χ4v) is 5.56. The molecule has 2 fully saturated rings. The zero-order valence-electron chi connectivity index (χ0n) is 20.1. The summed E-state index contributed by atoms with van der Waals surface area (Å²) in [6, 6.07) is 0. The van der Waals surface area contributed by atoms with Gasteiger partial charge in [-0.15, -0.1) is 0 Å². The van der Waals surface area contributed by atoms with Crippen LogP contribution in [0.4, 0.5) is 0 Å². The summed E-state index contributed by atoms with van der Waals surface area (Å²) in [5.41, 5.74) is 0. The molecular weight excluding hydrogens is 340 g/mol. The molecule has 2 heteroatoms. The zero-order valence-corrected chi connectivity index (χ0v) is 20.1. The second kappa shape index (κ2) is 13.3. The Morgan fingerprint density at radius 3 is 1.89 bits per heavy atom. The van der Waals surface area contributed by atoms with Crippen molar-refractivity contribution < 1.29 is 4.48 Å². The zero-order chi connectivity index (χ0) is 20.2. The number of likely N-dealkylation sites (tertiary alicyclic amines) is 2. The Bertz CT molecular complexity index is 376. The van der Waals surface area contributed by atoms with Gasteiger partial charge in [0.05, 0.1) is 26.7 Å². The summed E-state index contributed by atoms with van der Waals surface area (Å²) in [6.45, 7) is 11.7. The Hall–Kier alpha value is -0.0800. The molecule has 0 aromatic heterocycles. The van der Waals surface area contributed by atoms with Crippen molar-refractivity contribution in [2.45, 2.75) is 104 Å². The molecule has 0 amide bonds. The molecule has 2 aliphatic rings. The van der Waals surface area contributed by atoms with E-state index in [9.17, 15) is 0 Å². The van der Waals surface area contributed by atoms with Crippen molar-refractivity contribution in [2.24, 2.45) is 17.8 Å². The minimum atomic E-state index is 0.890. The average molecular weight is 394 g/mol. The quantitative estimate of drug-likeness (QED) is 0.247. The first-order valence-electron chi connectivity index (χ1n) is 13.0. The molecule has 166 valence electrons. The van der Waals surface area contributed by atoms with Gasteiger partial charge in [0.25, 0.3) is 0 Å². The van der Waals surface area contributed by atoms with Crippen LogP contribution in [0.15, 0.2) is 0 Å². The summed E-state index contributed by atoms with van der Waals surface area (Å²) in [7, 11) is 4.82. The third-order valence-electron chi connectivity index (χ3n) is 7.95. The molecule has 0 aromatic rings. The highest BCUT2D eigenvalue weighted by atomic mass is 15.3. The van der Waals surface area contributed by atoms with Crippen molar-refractivity contribution in [3.63, 3.8) is 0 Å². The first kappa shape index (κ1) is 24.2. The highest BCUT2D eigenvalue weighted by Gasteiger charge is 2.29. The molecule has 0 atom stereocenters. The molecule has 2 aliphatic heterocycles. The molecule has 0 bridgehead atoms. The fourth-order valence-electron chi connectivity index (χ4n) is 5.56. The van der Waals surface area contributed by atoms with Crippen LogP contribution in [-0.4, -0.2) is 56.2 Å². The van der Waals surface area contributed by atoms with Gasteiger partial charge in [-0.2, -0.15) is 0 Å². The van der Waals surface area contributed by atoms with E-state index >= 15 is 0 Å². The lowest BCUT2D eigenvalue weighted by Crippen LogP contribution is -2.50. The van der Waals surface area contributed by atoms with Gasteiger partial charge in [-0.25, -0.2) is 0 Å². The highest BCUT2D eigenvalue weighted by molar-refractivity contribution is 4.71. The van der Waals surface area contributed by atoms with Crippen LogP contribution in [0, 0.1) is 17.8 Å². The van der Waals surface area contributed by atoms with Gasteiger partial charge in [0, 0.05) is 0 Å². The molecule has 0 aliphatic carbocycles. The Morgan fingerprint density at radius 1 is 0.750 bits per heavy atom. The summed E-state index contributed by atoms with van der Waals surface area (Å²) in [5, 5.41) is 0. The second-order valence-electron chi connectivity index (χ2n) is 11.2. The minimum absolute atomic E-state index is 0.890. The topological polar surface area (TPSA) is 3.24 Å². The molecule has 0 radical (unpaired) electrons. The fraction of sp³-hybridized carbons (Fsp3) is 1.00. The molecule has 2 nitrogen and oxygen atoms in total. The molecule has 28 heavy (non-hydrogen) atoms. The minimum Gasteiger partial charge on any atom is -0.326 e. The van der Waals surface area contributed by atoms with Crippen molar-refractivity contribution >= 4 is 0 Å². The number of hydrogen-bond donors (Lipinski definition) is 0. The lowest BCUT2D eigenvalue weighted by atomic mass is 9.86. The monoisotopic (exact) mass is 393 g/mol. The van der Waals surface area contributed by atoms with Gasteiger partial charge in [0.2, 0.25) is 0 Å². The Morgan fingerprint density at radius 2 is 1.29 bits per heavy atom. The SMILES string of the molecule is CC(C)CCCCCCCC[N+]1(C)CCC(CCCC2CCN(C)CC2)CC1. The summed E-state index contributed by atoms with van der Waals surface area (Å²) in [4.78, 5) is 2.50. The summed E-state index contributed by atoms with van der Waals surface area (Å²) < 4.78 is 1.37. The lowest BCUT2D eigenvalue weighted by Gasteiger charge is -2.41. The third-order valence-corrected chi connectivity index (χ3v) is 7.95. The van der Waals surface area contributed by atoms with Gasteiger partial charge in [0.1, 0.15) is 0 Å². The van der Waals surface area contributed by atoms with Gasteiger partial charge < -0.3 is 9.38 Å². The molecule has 0 unspecified atom stereocenters. The first-order chi connectivity index (χ1) is 13.5. The van der Waals surface area contributed by atoms with Crippen LogP contribution < -0.4 is 0 Å². The molecule has 0 spiro atoms. The van der Waals surface area contributed by atoms with E-state index in [-0.39, 0.29) is 0 Å². The van der Waals surface area contributed by atoms with E-state index in [4.69, 9.17) is 0 Å². The Labute approximate surface area is 178 Å². The standard InChI is InChI=1S/C26H53N2/c1-24(2)12-9-7-5-6-8-10-21-28(4)22-17-26(18-23-28)14-11-13-25-15-19-27(3)20-16-25/h24-26H,5-23H2,1-4H3/q+1. The van der Waals surface area contributed by atoms with Crippen molar-refractivity contribution in [3.05, 3.63) is 0 Å². The third kappa shape index (κ3) is 10.1. The van der Waals surface area contributed by atoms with E-state index in [1.807, 2.05) is 0 Å². The number of unbranched alkanes of at least 4 members (excludes halogenated alkanes) is 5. The van der Waals surface area contributed by atoms with E-state index in [1.165, 1.54) is 127 Å². The van der Waals surface area contributed by atoms with Crippen LogP contribution in [0.3, 0.4) is 0 Å². The normalized spacial score (nSPS) is 27.5. The van der Waals surface area contributed by atoms with Crippen molar-refractivity contribution in [1.82, 2.24) is 4.90 Å². The van der Waals surface area contributed by atoms with Gasteiger partial charge >= 0.3 is 0 Å². The van der Waals surface area contributed by atoms with Gasteiger partial charge in [-0.05, 0) is 76.4 Å². The van der Waals surface area contributed by atoms with Crippen LogP contribution in [0.25, 0.3) is 0 Å². The maximum Gasteiger partial charge on any atom is 0.0787 e. The van der Waals surface area contributed by atoms with Gasteiger partial charge in [-0.3, -0.25) is 0 Å². The molecule has 2 heterocycles. The highest BCUT2D eigenvalue weighted by Crippen LogP contribution is 2.29. The van der Waals surface area contributed by atoms with Gasteiger partial charge in [-0.1, -0.05) is 65.2 Å². The lowest BCUT2D eigenvalue weighted by molar-refractivity contribution is -0.915. The molecule has 0 saturated carbocycles.